The van der Waals surface area contributed by atoms with Gasteiger partial charge in [-0.3, -0.25) is 0 Å². The van der Waals surface area contributed by atoms with Gasteiger partial charge < -0.3 is 5.32 Å². The highest BCUT2D eigenvalue weighted by Gasteiger charge is 2.04. The van der Waals surface area contributed by atoms with Gasteiger partial charge in [0.05, 0.1) is 5.56 Å². The minimum Gasteiger partial charge on any atom is -0.367 e. The van der Waals surface area contributed by atoms with E-state index in [1.807, 2.05) is 24.3 Å². The summed E-state index contributed by atoms with van der Waals surface area (Å²) in [7, 11) is 0. The van der Waals surface area contributed by atoms with E-state index >= 15 is 0 Å². The van der Waals surface area contributed by atoms with E-state index in [0.717, 1.165) is 12.2 Å². The zero-order valence-corrected chi connectivity index (χ0v) is 10.3. The summed E-state index contributed by atoms with van der Waals surface area (Å²) in [6.45, 7) is 2.12. The molecule has 2 rings (SSSR count). The van der Waals surface area contributed by atoms with Crippen molar-refractivity contribution in [3.8, 4) is 6.07 Å². The lowest BCUT2D eigenvalue weighted by atomic mass is 10.1. The molecule has 0 aliphatic heterocycles. The molecule has 3 nitrogen and oxygen atoms in total. The first-order chi connectivity index (χ1) is 8.78. The number of nitrogens with one attached hydrogen (secondary N) is 1. The molecule has 3 heteroatoms. The second-order valence-corrected chi connectivity index (χ2v) is 4.28. The highest BCUT2D eigenvalue weighted by Crippen LogP contribution is 2.09. The van der Waals surface area contributed by atoms with Gasteiger partial charge in [0.25, 0.3) is 0 Å². The monoisotopic (exact) mass is 237 g/mol. The van der Waals surface area contributed by atoms with E-state index in [0.29, 0.717) is 11.6 Å². The van der Waals surface area contributed by atoms with Crippen molar-refractivity contribution in [2.45, 2.75) is 19.4 Å². The summed E-state index contributed by atoms with van der Waals surface area (Å²) in [4.78, 5) is 4.20. The summed E-state index contributed by atoms with van der Waals surface area (Å²) in [6.07, 6.45) is 2.53. The van der Waals surface area contributed by atoms with Gasteiger partial charge in [0, 0.05) is 12.2 Å². The second-order valence-electron chi connectivity index (χ2n) is 4.28. The summed E-state index contributed by atoms with van der Waals surface area (Å²) >= 11 is 0. The summed E-state index contributed by atoms with van der Waals surface area (Å²) in [5.74, 6) is 0.803. The lowest BCUT2D eigenvalue weighted by Gasteiger charge is -2.14. The number of aromatic nitrogens is 1. The van der Waals surface area contributed by atoms with Gasteiger partial charge in [-0.2, -0.15) is 5.26 Å². The van der Waals surface area contributed by atoms with Crippen LogP contribution < -0.4 is 5.32 Å². The van der Waals surface area contributed by atoms with E-state index in [2.05, 4.69) is 35.4 Å². The molecule has 1 aromatic heterocycles. The van der Waals surface area contributed by atoms with Crippen LogP contribution in [0.25, 0.3) is 0 Å². The van der Waals surface area contributed by atoms with E-state index in [1.165, 1.54) is 5.56 Å². The Balaban J connectivity index is 1.95. The average Bonchev–Trinajstić information content (AvgIpc) is 2.40. The number of hydrogen-bond acceptors (Lipinski definition) is 3. The summed E-state index contributed by atoms with van der Waals surface area (Å²) < 4.78 is 0. The van der Waals surface area contributed by atoms with E-state index in [1.54, 1.807) is 12.3 Å². The normalized spacial score (nSPS) is 11.6. The molecule has 0 aliphatic rings. The van der Waals surface area contributed by atoms with Crippen molar-refractivity contribution in [3.63, 3.8) is 0 Å². The molecule has 2 aromatic rings. The van der Waals surface area contributed by atoms with Crippen LogP contribution in [-0.4, -0.2) is 11.0 Å². The molecular weight excluding hydrogens is 222 g/mol. The van der Waals surface area contributed by atoms with Gasteiger partial charge in [0.1, 0.15) is 11.9 Å². The van der Waals surface area contributed by atoms with Crippen LogP contribution in [0.3, 0.4) is 0 Å². The highest BCUT2D eigenvalue weighted by molar-refractivity contribution is 5.40. The number of anilines is 1. The fraction of sp³-hybridized carbons (Fsp3) is 0.200. The minimum atomic E-state index is 0.299. The van der Waals surface area contributed by atoms with Gasteiger partial charge in [0.2, 0.25) is 0 Å². The molecule has 1 unspecified atom stereocenters. The van der Waals surface area contributed by atoms with Crippen LogP contribution in [0.4, 0.5) is 5.82 Å². The molecule has 0 saturated carbocycles. The van der Waals surface area contributed by atoms with E-state index in [9.17, 15) is 0 Å². The Morgan fingerprint density at radius 3 is 2.61 bits per heavy atom. The van der Waals surface area contributed by atoms with Crippen LogP contribution in [0, 0.1) is 11.3 Å². The fourth-order valence-electron chi connectivity index (χ4n) is 1.82. The van der Waals surface area contributed by atoms with Crippen molar-refractivity contribution in [2.75, 3.05) is 5.32 Å². The van der Waals surface area contributed by atoms with Crippen molar-refractivity contribution in [3.05, 3.63) is 59.8 Å². The quantitative estimate of drug-likeness (QED) is 0.889. The number of benzene rings is 1. The Labute approximate surface area is 107 Å². The SMILES string of the molecule is CC(Cc1ccccc1)Nc1ccc(C#N)cn1. The third-order valence-electron chi connectivity index (χ3n) is 2.67. The lowest BCUT2D eigenvalue weighted by Crippen LogP contribution is -2.18. The molecule has 0 spiro atoms. The summed E-state index contributed by atoms with van der Waals surface area (Å²) in [5.41, 5.74) is 1.88. The number of pyridine rings is 1. The maximum Gasteiger partial charge on any atom is 0.126 e. The van der Waals surface area contributed by atoms with Gasteiger partial charge in [-0.15, -0.1) is 0 Å². The topological polar surface area (TPSA) is 48.7 Å². The second kappa shape index (κ2) is 5.83. The number of nitrogens with zero attached hydrogens (tertiary/aromatic N) is 2. The van der Waals surface area contributed by atoms with Gasteiger partial charge in [-0.1, -0.05) is 30.3 Å². The first-order valence-electron chi connectivity index (χ1n) is 5.94. The average molecular weight is 237 g/mol. The summed E-state index contributed by atoms with van der Waals surface area (Å²) in [6, 6.07) is 16.3. The predicted molar refractivity (Wildman–Crippen MR) is 72.2 cm³/mol. The Hall–Kier alpha value is -2.34. The van der Waals surface area contributed by atoms with Gasteiger partial charge in [0.15, 0.2) is 0 Å². The molecule has 0 fully saturated rings. The van der Waals surface area contributed by atoms with Crippen LogP contribution in [-0.2, 0) is 6.42 Å². The maximum atomic E-state index is 8.69. The van der Waals surface area contributed by atoms with Crippen molar-refractivity contribution in [1.82, 2.24) is 4.98 Å². The van der Waals surface area contributed by atoms with Crippen LogP contribution in [0.15, 0.2) is 48.7 Å². The summed E-state index contributed by atoms with van der Waals surface area (Å²) in [5, 5.41) is 12.0. The highest BCUT2D eigenvalue weighted by atomic mass is 15.0. The first-order valence-corrected chi connectivity index (χ1v) is 5.94. The maximum absolute atomic E-state index is 8.69. The van der Waals surface area contributed by atoms with Gasteiger partial charge in [-0.25, -0.2) is 4.98 Å². The van der Waals surface area contributed by atoms with Crippen molar-refractivity contribution in [2.24, 2.45) is 0 Å². The Morgan fingerprint density at radius 1 is 1.22 bits per heavy atom. The molecule has 0 saturated heterocycles. The largest absolute Gasteiger partial charge is 0.367 e. The number of nitriles is 1. The number of hydrogen-bond donors (Lipinski definition) is 1. The molecule has 18 heavy (non-hydrogen) atoms. The smallest absolute Gasteiger partial charge is 0.126 e. The van der Waals surface area contributed by atoms with Gasteiger partial charge in [-0.05, 0) is 31.0 Å². The third-order valence-corrected chi connectivity index (χ3v) is 2.67. The molecule has 1 atom stereocenters. The first kappa shape index (κ1) is 12.1. The molecule has 1 N–H and O–H groups in total. The Kier molecular flexibility index (Phi) is 3.93. The van der Waals surface area contributed by atoms with Gasteiger partial charge >= 0.3 is 0 Å². The molecule has 1 aromatic carbocycles. The van der Waals surface area contributed by atoms with Crippen LogP contribution in [0.1, 0.15) is 18.1 Å². The molecule has 1 heterocycles. The Morgan fingerprint density at radius 2 is 2.00 bits per heavy atom. The van der Waals surface area contributed by atoms with Crippen LogP contribution in [0.5, 0.6) is 0 Å². The Bertz CT molecular complexity index is 526. The molecular formula is C15H15N3. The van der Waals surface area contributed by atoms with E-state index in [4.69, 9.17) is 5.26 Å². The third kappa shape index (κ3) is 3.33. The van der Waals surface area contributed by atoms with Crippen LogP contribution in [0.2, 0.25) is 0 Å². The molecule has 0 bridgehead atoms. The number of rotatable bonds is 4. The van der Waals surface area contributed by atoms with Crippen molar-refractivity contribution >= 4 is 5.82 Å². The zero-order valence-electron chi connectivity index (χ0n) is 10.3. The molecule has 90 valence electrons. The van der Waals surface area contributed by atoms with Crippen molar-refractivity contribution in [1.29, 1.82) is 5.26 Å². The standard InChI is InChI=1S/C15H15N3/c1-12(9-13-5-3-2-4-6-13)18-15-8-7-14(10-16)11-17-15/h2-8,11-12H,9H2,1H3,(H,17,18). The minimum absolute atomic E-state index is 0.299. The predicted octanol–water partition coefficient (Wildman–Crippen LogP) is 3.00. The zero-order chi connectivity index (χ0) is 12.8. The van der Waals surface area contributed by atoms with Crippen molar-refractivity contribution < 1.29 is 0 Å². The molecule has 0 radical (unpaired) electrons. The lowest BCUT2D eigenvalue weighted by molar-refractivity contribution is 0.784. The molecule has 0 amide bonds. The van der Waals surface area contributed by atoms with E-state index < -0.39 is 0 Å². The van der Waals surface area contributed by atoms with Crippen LogP contribution >= 0.6 is 0 Å². The van der Waals surface area contributed by atoms with E-state index in [-0.39, 0.29) is 0 Å². The fourth-order valence-corrected chi connectivity index (χ4v) is 1.82. The molecule has 0 aliphatic carbocycles.